The lowest BCUT2D eigenvalue weighted by molar-refractivity contribution is 0.230. The Labute approximate surface area is 166 Å². The molecule has 0 bridgehead atoms. The molecule has 0 amide bonds. The number of hydrogen-bond acceptors (Lipinski definition) is 6. The number of pyridine rings is 1. The first-order valence-electron chi connectivity index (χ1n) is 9.80. The summed E-state index contributed by atoms with van der Waals surface area (Å²) in [5.41, 5.74) is 2.38. The maximum Gasteiger partial charge on any atom is 0.329 e. The fourth-order valence-electron chi connectivity index (χ4n) is 3.61. The van der Waals surface area contributed by atoms with Crippen LogP contribution in [0, 0.1) is 0 Å². The van der Waals surface area contributed by atoms with E-state index in [9.17, 15) is 4.79 Å². The second-order valence-corrected chi connectivity index (χ2v) is 7.22. The van der Waals surface area contributed by atoms with Crippen molar-refractivity contribution in [2.24, 2.45) is 0 Å². The van der Waals surface area contributed by atoms with Gasteiger partial charge >= 0.3 is 5.69 Å². The number of nitrogens with zero attached hydrogens (tertiary/aromatic N) is 5. The minimum atomic E-state index is -0.0602. The number of aromatic nitrogens is 5. The second-order valence-electron chi connectivity index (χ2n) is 7.22. The topological polar surface area (TPSA) is 95.1 Å². The van der Waals surface area contributed by atoms with E-state index in [0.29, 0.717) is 24.7 Å². The summed E-state index contributed by atoms with van der Waals surface area (Å²) in [5.74, 6) is 0.972. The van der Waals surface area contributed by atoms with Crippen molar-refractivity contribution in [2.45, 2.75) is 31.8 Å². The van der Waals surface area contributed by atoms with Gasteiger partial charge in [0.15, 0.2) is 5.82 Å². The van der Waals surface area contributed by atoms with Crippen molar-refractivity contribution in [3.8, 4) is 5.88 Å². The van der Waals surface area contributed by atoms with Crippen molar-refractivity contribution < 1.29 is 9.84 Å². The smallest absolute Gasteiger partial charge is 0.329 e. The van der Waals surface area contributed by atoms with Crippen LogP contribution in [0.15, 0.2) is 47.5 Å². The molecule has 0 aliphatic heterocycles. The third kappa shape index (κ3) is 3.25. The van der Waals surface area contributed by atoms with Crippen LogP contribution in [0.5, 0.6) is 5.88 Å². The third-order valence-corrected chi connectivity index (χ3v) is 5.13. The van der Waals surface area contributed by atoms with Crippen LogP contribution in [0.25, 0.3) is 21.9 Å². The van der Waals surface area contributed by atoms with Crippen molar-refractivity contribution in [3.05, 3.63) is 59.0 Å². The summed E-state index contributed by atoms with van der Waals surface area (Å²) >= 11 is 0. The van der Waals surface area contributed by atoms with Crippen molar-refractivity contribution in [1.82, 2.24) is 24.1 Å². The summed E-state index contributed by atoms with van der Waals surface area (Å²) in [6.45, 7) is 0.655. The zero-order chi connectivity index (χ0) is 19.8. The van der Waals surface area contributed by atoms with Gasteiger partial charge in [-0.3, -0.25) is 14.1 Å². The molecule has 8 heteroatoms. The first kappa shape index (κ1) is 17.8. The summed E-state index contributed by atoms with van der Waals surface area (Å²) in [7, 11) is 0. The summed E-state index contributed by atoms with van der Waals surface area (Å²) in [5, 5.41) is 9.84. The molecule has 0 unspecified atom stereocenters. The molecule has 1 aromatic carbocycles. The Hall–Kier alpha value is -3.26. The molecule has 8 nitrogen and oxygen atoms in total. The van der Waals surface area contributed by atoms with Gasteiger partial charge in [0.2, 0.25) is 5.88 Å². The lowest BCUT2D eigenvalue weighted by Gasteiger charge is -2.10. The molecule has 3 heterocycles. The fourth-order valence-corrected chi connectivity index (χ4v) is 3.61. The van der Waals surface area contributed by atoms with Crippen LogP contribution in [0.3, 0.4) is 0 Å². The predicted molar refractivity (Wildman–Crippen MR) is 108 cm³/mol. The molecule has 29 heavy (non-hydrogen) atoms. The molecule has 3 aromatic heterocycles. The van der Waals surface area contributed by atoms with Crippen LogP contribution < -0.4 is 10.4 Å². The van der Waals surface area contributed by atoms with Crippen LogP contribution in [-0.2, 0) is 6.54 Å². The Morgan fingerprint density at radius 2 is 2.00 bits per heavy atom. The number of aliphatic hydroxyl groups is 1. The van der Waals surface area contributed by atoms with Crippen molar-refractivity contribution in [3.63, 3.8) is 0 Å². The Bertz CT molecular complexity index is 1240. The largest absolute Gasteiger partial charge is 0.477 e. The van der Waals surface area contributed by atoms with E-state index in [1.54, 1.807) is 17.0 Å². The van der Waals surface area contributed by atoms with Crippen molar-refractivity contribution in [1.29, 1.82) is 0 Å². The molecule has 0 spiro atoms. The molecule has 1 saturated carbocycles. The standard InChI is InChI=1S/C21H21N5O3/c27-10-3-11-29-20-15-4-1-2-5-16(15)23-19(24-20)13-25-18-12-22-9-8-17(18)26(21(25)28)14-6-7-14/h1-2,4-5,8-9,12,14,27H,3,6-7,10-11,13H2. The Balaban J connectivity index is 1.59. The van der Waals surface area contributed by atoms with Crippen LogP contribution in [-0.4, -0.2) is 42.4 Å². The molecule has 1 aliphatic carbocycles. The second kappa shape index (κ2) is 7.29. The van der Waals surface area contributed by atoms with Crippen LogP contribution in [0.2, 0.25) is 0 Å². The molecule has 1 N–H and O–H groups in total. The number of rotatable bonds is 7. The molecule has 0 radical (unpaired) electrons. The first-order valence-corrected chi connectivity index (χ1v) is 9.80. The number of hydrogen-bond donors (Lipinski definition) is 1. The molecule has 5 rings (SSSR count). The fraction of sp³-hybridized carbons (Fsp3) is 0.333. The van der Waals surface area contributed by atoms with Gasteiger partial charge in [-0.2, -0.15) is 4.98 Å². The third-order valence-electron chi connectivity index (χ3n) is 5.13. The zero-order valence-electron chi connectivity index (χ0n) is 15.9. The van der Waals surface area contributed by atoms with Gasteiger partial charge in [-0.15, -0.1) is 0 Å². The minimum absolute atomic E-state index is 0.0545. The van der Waals surface area contributed by atoms with Crippen LogP contribution >= 0.6 is 0 Å². The van der Waals surface area contributed by atoms with E-state index in [1.165, 1.54) is 0 Å². The molecule has 1 fully saturated rings. The normalized spacial score (nSPS) is 14.0. The quantitative estimate of drug-likeness (QED) is 0.486. The van der Waals surface area contributed by atoms with E-state index in [2.05, 4.69) is 15.0 Å². The van der Waals surface area contributed by atoms with Gasteiger partial charge in [0, 0.05) is 25.3 Å². The average molecular weight is 391 g/mol. The molecular formula is C21H21N5O3. The number of imidazole rings is 1. The minimum Gasteiger partial charge on any atom is -0.477 e. The molecule has 0 atom stereocenters. The highest BCUT2D eigenvalue weighted by Crippen LogP contribution is 2.36. The first-order chi connectivity index (χ1) is 14.3. The van der Waals surface area contributed by atoms with E-state index in [0.717, 1.165) is 34.8 Å². The molecule has 148 valence electrons. The monoisotopic (exact) mass is 391 g/mol. The summed E-state index contributed by atoms with van der Waals surface area (Å²) < 4.78 is 9.33. The van der Waals surface area contributed by atoms with E-state index in [-0.39, 0.29) is 24.9 Å². The van der Waals surface area contributed by atoms with Gasteiger partial charge in [-0.1, -0.05) is 12.1 Å². The number of benzene rings is 1. The van der Waals surface area contributed by atoms with Gasteiger partial charge in [0.25, 0.3) is 0 Å². The number of para-hydroxylation sites is 1. The summed E-state index contributed by atoms with van der Waals surface area (Å²) in [6, 6.07) is 9.77. The lowest BCUT2D eigenvalue weighted by Crippen LogP contribution is -2.25. The van der Waals surface area contributed by atoms with E-state index < -0.39 is 0 Å². The van der Waals surface area contributed by atoms with Gasteiger partial charge in [0.1, 0.15) is 0 Å². The van der Waals surface area contributed by atoms with E-state index >= 15 is 0 Å². The molecule has 4 aromatic rings. The van der Waals surface area contributed by atoms with Crippen molar-refractivity contribution in [2.75, 3.05) is 13.2 Å². The van der Waals surface area contributed by atoms with Gasteiger partial charge in [-0.05, 0) is 31.0 Å². The number of aliphatic hydroxyl groups excluding tert-OH is 1. The van der Waals surface area contributed by atoms with Gasteiger partial charge in [0.05, 0.1) is 41.3 Å². The van der Waals surface area contributed by atoms with E-state index in [4.69, 9.17) is 9.84 Å². The van der Waals surface area contributed by atoms with Crippen molar-refractivity contribution >= 4 is 21.9 Å². The highest BCUT2D eigenvalue weighted by Gasteiger charge is 2.29. The Kier molecular flexibility index (Phi) is 4.48. The molecule has 0 saturated heterocycles. The maximum atomic E-state index is 13.1. The van der Waals surface area contributed by atoms with Crippen LogP contribution in [0.1, 0.15) is 31.1 Å². The highest BCUT2D eigenvalue weighted by molar-refractivity contribution is 5.83. The van der Waals surface area contributed by atoms with Gasteiger partial charge < -0.3 is 9.84 Å². The number of ether oxygens (including phenoxy) is 1. The molecule has 1 aliphatic rings. The number of fused-ring (bicyclic) bond motifs is 2. The summed E-state index contributed by atoms with van der Waals surface area (Å²) in [4.78, 5) is 26.6. The van der Waals surface area contributed by atoms with Gasteiger partial charge in [-0.25, -0.2) is 9.78 Å². The SMILES string of the molecule is O=c1n(Cc2nc(OCCCO)c3ccccc3n2)c2cnccc2n1C1CC1. The average Bonchev–Trinajstić information content (AvgIpc) is 3.54. The summed E-state index contributed by atoms with van der Waals surface area (Å²) in [6.07, 6.45) is 6.00. The zero-order valence-corrected chi connectivity index (χ0v) is 15.9. The maximum absolute atomic E-state index is 13.1. The Morgan fingerprint density at radius 3 is 2.83 bits per heavy atom. The predicted octanol–water partition coefficient (Wildman–Crippen LogP) is 2.29. The highest BCUT2D eigenvalue weighted by atomic mass is 16.5. The van der Waals surface area contributed by atoms with E-state index in [1.807, 2.05) is 34.9 Å². The molecular weight excluding hydrogens is 370 g/mol. The lowest BCUT2D eigenvalue weighted by atomic mass is 10.2. The Morgan fingerprint density at radius 1 is 1.14 bits per heavy atom. The van der Waals surface area contributed by atoms with Crippen LogP contribution in [0.4, 0.5) is 0 Å².